The van der Waals surface area contributed by atoms with Crippen molar-refractivity contribution >= 4 is 0 Å². The summed E-state index contributed by atoms with van der Waals surface area (Å²) in [6.45, 7) is 4.95. The maximum Gasteiger partial charge on any atom is 0.0655 e. The normalized spacial score (nSPS) is 34.9. The highest BCUT2D eigenvalue weighted by Crippen LogP contribution is 2.29. The molecule has 0 spiro atoms. The Labute approximate surface area is 93.3 Å². The van der Waals surface area contributed by atoms with Crippen molar-refractivity contribution in [2.75, 3.05) is 13.1 Å². The molecule has 0 aromatic heterocycles. The van der Waals surface area contributed by atoms with E-state index in [1.54, 1.807) is 0 Å². The Morgan fingerprint density at radius 1 is 1.00 bits per heavy atom. The van der Waals surface area contributed by atoms with Crippen molar-refractivity contribution in [2.45, 2.75) is 51.5 Å². The molecule has 1 saturated carbocycles. The molecule has 0 aromatic carbocycles. The third kappa shape index (κ3) is 2.72. The van der Waals surface area contributed by atoms with E-state index in [0.717, 1.165) is 24.8 Å². The summed E-state index contributed by atoms with van der Waals surface area (Å²) in [5.74, 6) is 1.28. The zero-order valence-electron chi connectivity index (χ0n) is 9.78. The van der Waals surface area contributed by atoms with Gasteiger partial charge in [0.15, 0.2) is 0 Å². The van der Waals surface area contributed by atoms with Crippen molar-refractivity contribution in [1.82, 2.24) is 4.90 Å². The molecule has 15 heavy (non-hydrogen) atoms. The predicted molar refractivity (Wildman–Crippen MR) is 61.3 cm³/mol. The van der Waals surface area contributed by atoms with E-state index >= 15 is 0 Å². The van der Waals surface area contributed by atoms with Crippen LogP contribution in [0.1, 0.15) is 45.4 Å². The molecular formula is C13H22N2. The number of nitriles is 1. The third-order valence-corrected chi connectivity index (χ3v) is 4.21. The Hall–Kier alpha value is -0.550. The van der Waals surface area contributed by atoms with Crippen LogP contribution in [0, 0.1) is 23.2 Å². The van der Waals surface area contributed by atoms with Gasteiger partial charge in [0.25, 0.3) is 0 Å². The van der Waals surface area contributed by atoms with Crippen LogP contribution in [0.5, 0.6) is 0 Å². The van der Waals surface area contributed by atoms with Gasteiger partial charge < -0.3 is 4.90 Å². The lowest BCUT2D eigenvalue weighted by Gasteiger charge is -2.39. The van der Waals surface area contributed by atoms with Gasteiger partial charge in [-0.05, 0) is 57.5 Å². The molecule has 1 aliphatic carbocycles. The average molecular weight is 206 g/mol. The first-order valence-electron chi connectivity index (χ1n) is 6.43. The SMILES string of the molecule is CC1CCN([C@H]2CC[C@H](C#N)CC2)CC1. The fourth-order valence-corrected chi connectivity index (χ4v) is 2.96. The van der Waals surface area contributed by atoms with Crippen LogP contribution >= 0.6 is 0 Å². The molecule has 84 valence electrons. The number of nitrogens with zero attached hydrogens (tertiary/aromatic N) is 2. The minimum Gasteiger partial charge on any atom is -0.300 e. The van der Waals surface area contributed by atoms with Crippen LogP contribution in [0.15, 0.2) is 0 Å². The van der Waals surface area contributed by atoms with Gasteiger partial charge in [-0.2, -0.15) is 5.26 Å². The molecule has 1 saturated heterocycles. The van der Waals surface area contributed by atoms with Crippen LogP contribution in [0.25, 0.3) is 0 Å². The maximum absolute atomic E-state index is 8.86. The molecule has 0 aromatic rings. The molecule has 0 unspecified atom stereocenters. The Balaban J connectivity index is 1.78. The molecule has 0 N–H and O–H groups in total. The van der Waals surface area contributed by atoms with Crippen LogP contribution in [0.3, 0.4) is 0 Å². The summed E-state index contributed by atoms with van der Waals surface area (Å²) < 4.78 is 0. The zero-order valence-corrected chi connectivity index (χ0v) is 9.78. The van der Waals surface area contributed by atoms with E-state index in [-0.39, 0.29) is 0 Å². The van der Waals surface area contributed by atoms with Gasteiger partial charge in [0.05, 0.1) is 6.07 Å². The van der Waals surface area contributed by atoms with Crippen molar-refractivity contribution in [3.8, 4) is 6.07 Å². The molecule has 2 fully saturated rings. The zero-order chi connectivity index (χ0) is 10.7. The van der Waals surface area contributed by atoms with Gasteiger partial charge in [-0.25, -0.2) is 0 Å². The number of piperidine rings is 1. The van der Waals surface area contributed by atoms with Crippen LogP contribution < -0.4 is 0 Å². The number of hydrogen-bond acceptors (Lipinski definition) is 2. The van der Waals surface area contributed by atoms with Crippen molar-refractivity contribution in [3.63, 3.8) is 0 Å². The summed E-state index contributed by atoms with van der Waals surface area (Å²) in [6, 6.07) is 3.21. The Morgan fingerprint density at radius 2 is 1.60 bits per heavy atom. The monoisotopic (exact) mass is 206 g/mol. The highest BCUT2D eigenvalue weighted by atomic mass is 15.2. The Morgan fingerprint density at radius 3 is 2.13 bits per heavy atom. The molecule has 1 aliphatic heterocycles. The summed E-state index contributed by atoms with van der Waals surface area (Å²) in [5, 5.41) is 8.86. The Kier molecular flexibility index (Phi) is 3.64. The summed E-state index contributed by atoms with van der Waals surface area (Å²) >= 11 is 0. The van der Waals surface area contributed by atoms with Crippen molar-refractivity contribution < 1.29 is 0 Å². The minimum atomic E-state index is 0.352. The molecule has 2 rings (SSSR count). The van der Waals surface area contributed by atoms with Crippen LogP contribution in [-0.4, -0.2) is 24.0 Å². The van der Waals surface area contributed by atoms with Gasteiger partial charge in [0, 0.05) is 12.0 Å². The van der Waals surface area contributed by atoms with Crippen LogP contribution in [-0.2, 0) is 0 Å². The molecular weight excluding hydrogens is 184 g/mol. The van der Waals surface area contributed by atoms with E-state index in [1.807, 2.05) is 0 Å². The maximum atomic E-state index is 8.86. The van der Waals surface area contributed by atoms with Gasteiger partial charge in [-0.3, -0.25) is 0 Å². The van der Waals surface area contributed by atoms with E-state index < -0.39 is 0 Å². The van der Waals surface area contributed by atoms with E-state index in [4.69, 9.17) is 5.26 Å². The fraction of sp³-hybridized carbons (Fsp3) is 0.923. The smallest absolute Gasteiger partial charge is 0.0655 e. The highest BCUT2D eigenvalue weighted by Gasteiger charge is 2.27. The van der Waals surface area contributed by atoms with Gasteiger partial charge in [0.1, 0.15) is 0 Å². The summed E-state index contributed by atoms with van der Waals surface area (Å²) in [5.41, 5.74) is 0. The first-order chi connectivity index (χ1) is 7.29. The first kappa shape index (κ1) is 11.0. The molecule has 0 atom stereocenters. The van der Waals surface area contributed by atoms with E-state index in [9.17, 15) is 0 Å². The molecule has 0 radical (unpaired) electrons. The quantitative estimate of drug-likeness (QED) is 0.659. The molecule has 2 heteroatoms. The van der Waals surface area contributed by atoms with E-state index in [0.29, 0.717) is 5.92 Å². The summed E-state index contributed by atoms with van der Waals surface area (Å²) in [7, 11) is 0. The second kappa shape index (κ2) is 4.99. The fourth-order valence-electron chi connectivity index (χ4n) is 2.96. The van der Waals surface area contributed by atoms with E-state index in [1.165, 1.54) is 38.8 Å². The predicted octanol–water partition coefficient (Wildman–Crippen LogP) is 2.80. The third-order valence-electron chi connectivity index (χ3n) is 4.21. The Bertz CT molecular complexity index is 227. The van der Waals surface area contributed by atoms with Crippen LogP contribution in [0.4, 0.5) is 0 Å². The standard InChI is InChI=1S/C13H22N2/c1-11-6-8-15(9-7-11)13-4-2-12(10-14)3-5-13/h11-13H,2-9H2,1H3/t12-,13-. The van der Waals surface area contributed by atoms with Gasteiger partial charge >= 0.3 is 0 Å². The van der Waals surface area contributed by atoms with Crippen molar-refractivity contribution in [3.05, 3.63) is 0 Å². The van der Waals surface area contributed by atoms with E-state index in [2.05, 4.69) is 17.9 Å². The van der Waals surface area contributed by atoms with Gasteiger partial charge in [-0.1, -0.05) is 6.92 Å². The largest absolute Gasteiger partial charge is 0.300 e. The van der Waals surface area contributed by atoms with Gasteiger partial charge in [-0.15, -0.1) is 0 Å². The topological polar surface area (TPSA) is 27.0 Å². The molecule has 2 aliphatic rings. The minimum absolute atomic E-state index is 0.352. The molecule has 0 amide bonds. The summed E-state index contributed by atoms with van der Waals surface area (Å²) in [6.07, 6.45) is 7.52. The molecule has 0 bridgehead atoms. The number of rotatable bonds is 1. The average Bonchev–Trinajstić information content (AvgIpc) is 2.30. The lowest BCUT2D eigenvalue weighted by Crippen LogP contribution is -2.42. The van der Waals surface area contributed by atoms with Gasteiger partial charge in [0.2, 0.25) is 0 Å². The summed E-state index contributed by atoms with van der Waals surface area (Å²) in [4.78, 5) is 2.67. The first-order valence-corrected chi connectivity index (χ1v) is 6.43. The highest BCUT2D eigenvalue weighted by molar-refractivity contribution is 4.90. The van der Waals surface area contributed by atoms with Crippen molar-refractivity contribution in [1.29, 1.82) is 5.26 Å². The van der Waals surface area contributed by atoms with Crippen LogP contribution in [0.2, 0.25) is 0 Å². The van der Waals surface area contributed by atoms with Crippen molar-refractivity contribution in [2.24, 2.45) is 11.8 Å². The lowest BCUT2D eigenvalue weighted by atomic mass is 9.85. The second-order valence-corrected chi connectivity index (χ2v) is 5.35. The molecule has 1 heterocycles. The number of likely N-dealkylation sites (tertiary alicyclic amines) is 1. The number of hydrogen-bond donors (Lipinski definition) is 0. The molecule has 2 nitrogen and oxygen atoms in total. The second-order valence-electron chi connectivity index (χ2n) is 5.35. The lowest BCUT2D eigenvalue weighted by molar-refractivity contribution is 0.104.